The molecular weight excluding hydrogens is 265 g/mol. The van der Waals surface area contributed by atoms with E-state index in [2.05, 4.69) is 0 Å². The lowest BCUT2D eigenvalue weighted by molar-refractivity contribution is -0.385. The highest BCUT2D eigenvalue weighted by Crippen LogP contribution is 2.23. The molecule has 0 saturated heterocycles. The fraction of sp³-hybridized carbons (Fsp3) is 0.143. The minimum Gasteiger partial charge on any atom is -0.508 e. The summed E-state index contributed by atoms with van der Waals surface area (Å²) in [6.45, 7) is 1.76. The Bertz CT molecular complexity index is 637. The van der Waals surface area contributed by atoms with E-state index in [-0.39, 0.29) is 18.0 Å². The van der Waals surface area contributed by atoms with Crippen molar-refractivity contribution in [2.45, 2.75) is 13.5 Å². The lowest BCUT2D eigenvalue weighted by Gasteiger charge is -2.08. The van der Waals surface area contributed by atoms with Crippen LogP contribution in [-0.2, 0) is 6.61 Å². The molecule has 0 heterocycles. The van der Waals surface area contributed by atoms with Gasteiger partial charge in [-0.2, -0.15) is 0 Å². The van der Waals surface area contributed by atoms with E-state index < -0.39 is 10.7 Å². The van der Waals surface area contributed by atoms with Gasteiger partial charge in [0.1, 0.15) is 23.9 Å². The predicted octanol–water partition coefficient (Wildman–Crippen LogP) is 3.33. The molecule has 1 N–H and O–H groups in total. The smallest absolute Gasteiger partial charge is 0.272 e. The topological polar surface area (TPSA) is 72.6 Å². The summed E-state index contributed by atoms with van der Waals surface area (Å²) in [6, 6.07) is 7.96. The molecule has 0 unspecified atom stereocenters. The molecule has 6 heteroatoms. The van der Waals surface area contributed by atoms with Crippen LogP contribution in [0.3, 0.4) is 0 Å². The second-order valence-electron chi connectivity index (χ2n) is 4.37. The molecule has 0 radical (unpaired) electrons. The molecule has 104 valence electrons. The Balaban J connectivity index is 2.16. The van der Waals surface area contributed by atoms with Gasteiger partial charge in [-0.05, 0) is 36.2 Å². The van der Waals surface area contributed by atoms with Crippen molar-refractivity contribution in [2.24, 2.45) is 0 Å². The van der Waals surface area contributed by atoms with Gasteiger partial charge in [-0.1, -0.05) is 0 Å². The number of halogens is 1. The summed E-state index contributed by atoms with van der Waals surface area (Å²) in [7, 11) is 0. The summed E-state index contributed by atoms with van der Waals surface area (Å²) in [5, 5.41) is 20.1. The van der Waals surface area contributed by atoms with E-state index in [4.69, 9.17) is 4.74 Å². The second-order valence-corrected chi connectivity index (χ2v) is 4.37. The highest BCUT2D eigenvalue weighted by Gasteiger charge is 2.10. The van der Waals surface area contributed by atoms with E-state index in [0.717, 1.165) is 11.6 Å². The number of hydrogen-bond acceptors (Lipinski definition) is 4. The van der Waals surface area contributed by atoms with E-state index in [1.165, 1.54) is 18.2 Å². The van der Waals surface area contributed by atoms with Gasteiger partial charge < -0.3 is 9.84 Å². The summed E-state index contributed by atoms with van der Waals surface area (Å²) < 4.78 is 18.6. The predicted molar refractivity (Wildman–Crippen MR) is 70.2 cm³/mol. The Morgan fingerprint density at radius 3 is 2.65 bits per heavy atom. The zero-order valence-corrected chi connectivity index (χ0v) is 10.7. The molecule has 0 bridgehead atoms. The van der Waals surface area contributed by atoms with Crippen molar-refractivity contribution in [1.29, 1.82) is 0 Å². The van der Waals surface area contributed by atoms with E-state index in [1.807, 2.05) is 0 Å². The van der Waals surface area contributed by atoms with Crippen LogP contribution in [-0.4, -0.2) is 10.0 Å². The van der Waals surface area contributed by atoms with Gasteiger partial charge in [0.15, 0.2) is 0 Å². The maximum absolute atomic E-state index is 13.2. The van der Waals surface area contributed by atoms with Crippen LogP contribution in [0.2, 0.25) is 0 Å². The average Bonchev–Trinajstić information content (AvgIpc) is 2.34. The molecule has 20 heavy (non-hydrogen) atoms. The lowest BCUT2D eigenvalue weighted by atomic mass is 10.2. The van der Waals surface area contributed by atoms with Crippen molar-refractivity contribution in [3.05, 3.63) is 63.5 Å². The molecule has 5 nitrogen and oxygen atoms in total. The number of phenolic OH excluding ortho intramolecular Hbond substituents is 1. The highest BCUT2D eigenvalue weighted by molar-refractivity contribution is 5.38. The van der Waals surface area contributed by atoms with E-state index in [9.17, 15) is 19.6 Å². The normalized spacial score (nSPS) is 10.3. The van der Waals surface area contributed by atoms with Crippen LogP contribution >= 0.6 is 0 Å². The number of aryl methyl sites for hydroxylation is 1. The van der Waals surface area contributed by atoms with Crippen molar-refractivity contribution in [1.82, 2.24) is 0 Å². The first-order chi connectivity index (χ1) is 9.44. The van der Waals surface area contributed by atoms with Gasteiger partial charge in [0.05, 0.1) is 11.0 Å². The monoisotopic (exact) mass is 277 g/mol. The number of nitro groups is 1. The number of nitro benzene ring substituents is 1. The van der Waals surface area contributed by atoms with Gasteiger partial charge in [-0.15, -0.1) is 0 Å². The third-order valence-electron chi connectivity index (χ3n) is 2.59. The number of rotatable bonds is 4. The first-order valence-electron chi connectivity index (χ1n) is 5.81. The van der Waals surface area contributed by atoms with Crippen molar-refractivity contribution in [2.75, 3.05) is 0 Å². The van der Waals surface area contributed by atoms with Gasteiger partial charge in [0, 0.05) is 12.1 Å². The fourth-order valence-corrected chi connectivity index (χ4v) is 1.80. The minimum atomic E-state index is -0.690. The molecule has 2 aromatic carbocycles. The van der Waals surface area contributed by atoms with Crippen molar-refractivity contribution in [3.63, 3.8) is 0 Å². The Morgan fingerprint density at radius 1 is 1.25 bits per heavy atom. The Kier molecular flexibility index (Phi) is 3.84. The van der Waals surface area contributed by atoms with Crippen molar-refractivity contribution in [3.8, 4) is 11.5 Å². The first kappa shape index (κ1) is 13.8. The van der Waals surface area contributed by atoms with Crippen LogP contribution in [0.25, 0.3) is 0 Å². The molecule has 0 aliphatic heterocycles. The Labute approximate surface area is 114 Å². The lowest BCUT2D eigenvalue weighted by Crippen LogP contribution is -1.98. The number of non-ortho nitro benzene ring substituents is 1. The third kappa shape index (κ3) is 3.44. The number of hydrogen-bond donors (Lipinski definition) is 1. The van der Waals surface area contributed by atoms with Crippen LogP contribution in [0.1, 0.15) is 11.1 Å². The van der Waals surface area contributed by atoms with Crippen LogP contribution in [0, 0.1) is 22.9 Å². The zero-order chi connectivity index (χ0) is 14.7. The number of ether oxygens (including phenoxy) is 1. The van der Waals surface area contributed by atoms with Crippen molar-refractivity contribution >= 4 is 5.69 Å². The van der Waals surface area contributed by atoms with E-state index in [0.29, 0.717) is 11.3 Å². The fourth-order valence-electron chi connectivity index (χ4n) is 1.80. The molecule has 0 amide bonds. The minimum absolute atomic E-state index is 0.0263. The SMILES string of the molecule is Cc1cc(O)cc(OCc2cc(F)cc([N+](=O)[O-])c2)c1. The molecule has 0 saturated carbocycles. The molecule has 0 aliphatic rings. The van der Waals surface area contributed by atoms with Crippen LogP contribution < -0.4 is 4.74 Å². The quantitative estimate of drug-likeness (QED) is 0.687. The largest absolute Gasteiger partial charge is 0.508 e. The van der Waals surface area contributed by atoms with E-state index in [1.54, 1.807) is 19.1 Å². The van der Waals surface area contributed by atoms with E-state index >= 15 is 0 Å². The van der Waals surface area contributed by atoms with Crippen LogP contribution in [0.15, 0.2) is 36.4 Å². The summed E-state index contributed by atoms with van der Waals surface area (Å²) >= 11 is 0. The second kappa shape index (κ2) is 5.56. The molecule has 2 rings (SSSR count). The maximum Gasteiger partial charge on any atom is 0.272 e. The molecule has 2 aromatic rings. The summed E-state index contributed by atoms with van der Waals surface area (Å²) in [5.74, 6) is -0.218. The number of phenols is 1. The summed E-state index contributed by atoms with van der Waals surface area (Å²) in [5.41, 5.74) is 0.832. The molecular formula is C14H12FNO4. The third-order valence-corrected chi connectivity index (χ3v) is 2.59. The molecule has 0 aliphatic carbocycles. The Hall–Kier alpha value is -2.63. The standard InChI is InChI=1S/C14H12FNO4/c1-9-2-13(17)7-14(3-9)20-8-10-4-11(15)6-12(5-10)16(18)19/h2-7,17H,8H2,1H3. The van der Waals surface area contributed by atoms with Gasteiger partial charge in [-0.25, -0.2) is 4.39 Å². The van der Waals surface area contributed by atoms with Gasteiger partial charge in [0.2, 0.25) is 0 Å². The average molecular weight is 277 g/mol. The number of benzene rings is 2. The van der Waals surface area contributed by atoms with Gasteiger partial charge >= 0.3 is 0 Å². The molecule has 0 atom stereocenters. The van der Waals surface area contributed by atoms with Crippen LogP contribution in [0.5, 0.6) is 11.5 Å². The first-order valence-corrected chi connectivity index (χ1v) is 5.81. The summed E-state index contributed by atoms with van der Waals surface area (Å²) in [6.07, 6.45) is 0. The maximum atomic E-state index is 13.2. The van der Waals surface area contributed by atoms with Gasteiger partial charge in [-0.3, -0.25) is 10.1 Å². The zero-order valence-electron chi connectivity index (χ0n) is 10.7. The molecule has 0 spiro atoms. The highest BCUT2D eigenvalue weighted by atomic mass is 19.1. The number of aromatic hydroxyl groups is 1. The van der Waals surface area contributed by atoms with Crippen molar-refractivity contribution < 1.29 is 19.2 Å². The van der Waals surface area contributed by atoms with Gasteiger partial charge in [0.25, 0.3) is 5.69 Å². The number of nitrogens with zero attached hydrogens (tertiary/aromatic N) is 1. The Morgan fingerprint density at radius 2 is 2.00 bits per heavy atom. The summed E-state index contributed by atoms with van der Waals surface area (Å²) in [4.78, 5) is 9.97. The molecule has 0 fully saturated rings. The van der Waals surface area contributed by atoms with Crippen LogP contribution in [0.4, 0.5) is 10.1 Å². The molecule has 0 aromatic heterocycles.